The number of aryl methyl sites for hydroxylation is 1. The van der Waals surface area contributed by atoms with Gasteiger partial charge in [-0.3, -0.25) is 14.6 Å². The molecule has 0 saturated carbocycles. The van der Waals surface area contributed by atoms with E-state index in [9.17, 15) is 9.59 Å². The third kappa shape index (κ3) is 4.92. The van der Waals surface area contributed by atoms with Crippen molar-refractivity contribution in [3.05, 3.63) is 102 Å². The number of anilines is 1. The highest BCUT2D eigenvalue weighted by atomic mass is 16.3. The summed E-state index contributed by atoms with van der Waals surface area (Å²) in [6.07, 6.45) is 5.65. The van der Waals surface area contributed by atoms with Gasteiger partial charge in [0.15, 0.2) is 0 Å². The SMILES string of the molecule is CCc1oc2ccccc2c1C=CC(=O)Nc1cccc(C(=O)NCc2ccccn2)c1. The number of nitrogens with zero attached hydrogens (tertiary/aromatic N) is 1. The molecule has 0 bridgehead atoms. The Bertz CT molecular complexity index is 1280. The monoisotopic (exact) mass is 425 g/mol. The minimum absolute atomic E-state index is 0.236. The number of rotatable bonds is 7. The number of fused-ring (bicyclic) bond motifs is 1. The van der Waals surface area contributed by atoms with E-state index in [-0.39, 0.29) is 11.8 Å². The number of hydrogen-bond donors (Lipinski definition) is 2. The molecule has 160 valence electrons. The maximum absolute atomic E-state index is 12.5. The van der Waals surface area contributed by atoms with Gasteiger partial charge in [-0.25, -0.2) is 0 Å². The molecule has 2 aromatic carbocycles. The Labute approximate surface area is 186 Å². The molecule has 0 fully saturated rings. The van der Waals surface area contributed by atoms with Crippen molar-refractivity contribution >= 4 is 34.5 Å². The van der Waals surface area contributed by atoms with E-state index in [2.05, 4.69) is 15.6 Å². The molecule has 2 amide bonds. The molecule has 0 saturated heterocycles. The second-order valence-corrected chi connectivity index (χ2v) is 7.20. The number of pyridine rings is 1. The quantitative estimate of drug-likeness (QED) is 0.409. The van der Waals surface area contributed by atoms with E-state index < -0.39 is 0 Å². The van der Waals surface area contributed by atoms with E-state index in [4.69, 9.17) is 4.42 Å². The Balaban J connectivity index is 1.42. The Hall–Kier alpha value is -4.19. The molecule has 32 heavy (non-hydrogen) atoms. The van der Waals surface area contributed by atoms with Gasteiger partial charge in [0, 0.05) is 40.9 Å². The van der Waals surface area contributed by atoms with Crippen molar-refractivity contribution in [1.82, 2.24) is 10.3 Å². The van der Waals surface area contributed by atoms with Crippen LogP contribution < -0.4 is 10.6 Å². The number of nitrogens with one attached hydrogen (secondary N) is 2. The number of benzene rings is 2. The summed E-state index contributed by atoms with van der Waals surface area (Å²) in [5, 5.41) is 6.61. The number of carbonyl (C=O) groups excluding carboxylic acids is 2. The number of amides is 2. The van der Waals surface area contributed by atoms with Crippen molar-refractivity contribution in [2.75, 3.05) is 5.32 Å². The van der Waals surface area contributed by atoms with Crippen LogP contribution in [-0.4, -0.2) is 16.8 Å². The van der Waals surface area contributed by atoms with Gasteiger partial charge in [-0.15, -0.1) is 0 Å². The zero-order chi connectivity index (χ0) is 22.3. The van der Waals surface area contributed by atoms with Crippen molar-refractivity contribution < 1.29 is 14.0 Å². The standard InChI is InChI=1S/C26H23N3O3/c1-2-23-22(21-11-3-4-12-24(21)32-23)13-14-25(30)29-19-10-7-8-18(16-19)26(31)28-17-20-9-5-6-15-27-20/h3-16H,2,17H2,1H3,(H,28,31)(H,29,30). The normalized spacial score (nSPS) is 11.0. The predicted octanol–water partition coefficient (Wildman–Crippen LogP) is 4.97. The van der Waals surface area contributed by atoms with Crippen molar-refractivity contribution in [2.45, 2.75) is 19.9 Å². The minimum Gasteiger partial charge on any atom is -0.460 e. The Kier molecular flexibility index (Phi) is 6.41. The first kappa shape index (κ1) is 21.1. The van der Waals surface area contributed by atoms with Crippen LogP contribution in [0.2, 0.25) is 0 Å². The molecule has 2 aromatic heterocycles. The zero-order valence-electron chi connectivity index (χ0n) is 17.7. The molecule has 0 unspecified atom stereocenters. The lowest BCUT2D eigenvalue weighted by Crippen LogP contribution is -2.23. The molecule has 4 rings (SSSR count). The van der Waals surface area contributed by atoms with Crippen LogP contribution in [0.25, 0.3) is 17.0 Å². The summed E-state index contributed by atoms with van der Waals surface area (Å²) < 4.78 is 5.86. The van der Waals surface area contributed by atoms with Crippen LogP contribution in [0.4, 0.5) is 5.69 Å². The molecular formula is C26H23N3O3. The lowest BCUT2D eigenvalue weighted by Gasteiger charge is -2.07. The molecule has 6 heteroatoms. The van der Waals surface area contributed by atoms with Crippen LogP contribution in [0.5, 0.6) is 0 Å². The second-order valence-electron chi connectivity index (χ2n) is 7.20. The first-order valence-electron chi connectivity index (χ1n) is 10.4. The molecule has 0 spiro atoms. The number of carbonyl (C=O) groups is 2. The maximum atomic E-state index is 12.5. The van der Waals surface area contributed by atoms with Gasteiger partial charge in [-0.1, -0.05) is 37.3 Å². The lowest BCUT2D eigenvalue weighted by molar-refractivity contribution is -0.111. The van der Waals surface area contributed by atoms with Crippen molar-refractivity contribution in [3.8, 4) is 0 Å². The molecule has 4 aromatic rings. The predicted molar refractivity (Wildman–Crippen MR) is 125 cm³/mol. The summed E-state index contributed by atoms with van der Waals surface area (Å²) in [6, 6.07) is 20.1. The molecule has 0 atom stereocenters. The van der Waals surface area contributed by atoms with Crippen LogP contribution in [0.1, 0.15) is 34.3 Å². The van der Waals surface area contributed by atoms with Gasteiger partial charge >= 0.3 is 0 Å². The third-order valence-corrected chi connectivity index (χ3v) is 4.98. The average Bonchev–Trinajstić information content (AvgIpc) is 3.19. The van der Waals surface area contributed by atoms with Crippen molar-refractivity contribution in [3.63, 3.8) is 0 Å². The van der Waals surface area contributed by atoms with E-state index in [0.717, 1.165) is 34.4 Å². The van der Waals surface area contributed by atoms with E-state index in [0.29, 0.717) is 17.8 Å². The Morgan fingerprint density at radius 3 is 2.69 bits per heavy atom. The topological polar surface area (TPSA) is 84.2 Å². The van der Waals surface area contributed by atoms with Gasteiger partial charge in [0.1, 0.15) is 11.3 Å². The molecule has 2 heterocycles. The lowest BCUT2D eigenvalue weighted by atomic mass is 10.1. The number of para-hydroxylation sites is 1. The van der Waals surface area contributed by atoms with E-state index >= 15 is 0 Å². The Morgan fingerprint density at radius 1 is 1.03 bits per heavy atom. The third-order valence-electron chi connectivity index (χ3n) is 4.98. The summed E-state index contributed by atoms with van der Waals surface area (Å²) in [7, 11) is 0. The minimum atomic E-state index is -0.289. The fourth-order valence-corrected chi connectivity index (χ4v) is 3.42. The zero-order valence-corrected chi connectivity index (χ0v) is 17.7. The Morgan fingerprint density at radius 2 is 1.88 bits per heavy atom. The van der Waals surface area contributed by atoms with Crippen molar-refractivity contribution in [2.24, 2.45) is 0 Å². The van der Waals surface area contributed by atoms with Crippen LogP contribution in [0.3, 0.4) is 0 Å². The molecule has 0 aliphatic heterocycles. The maximum Gasteiger partial charge on any atom is 0.251 e. The van der Waals surface area contributed by atoms with Gasteiger partial charge in [0.25, 0.3) is 5.91 Å². The number of furan rings is 1. The fourth-order valence-electron chi connectivity index (χ4n) is 3.42. The highest BCUT2D eigenvalue weighted by Crippen LogP contribution is 2.27. The summed E-state index contributed by atoms with van der Waals surface area (Å²) in [4.78, 5) is 29.1. The van der Waals surface area contributed by atoms with Crippen LogP contribution in [0, 0.1) is 0 Å². The van der Waals surface area contributed by atoms with Crippen LogP contribution in [-0.2, 0) is 17.8 Å². The number of hydrogen-bond acceptors (Lipinski definition) is 4. The van der Waals surface area contributed by atoms with Gasteiger partial charge < -0.3 is 15.1 Å². The largest absolute Gasteiger partial charge is 0.460 e. The van der Waals surface area contributed by atoms with Gasteiger partial charge in [-0.2, -0.15) is 0 Å². The highest BCUT2D eigenvalue weighted by molar-refractivity contribution is 6.04. The number of aromatic nitrogens is 1. The van der Waals surface area contributed by atoms with Gasteiger partial charge in [0.2, 0.25) is 5.91 Å². The molecule has 0 aliphatic rings. The van der Waals surface area contributed by atoms with E-state index in [1.165, 1.54) is 6.08 Å². The summed E-state index contributed by atoms with van der Waals surface area (Å²) >= 11 is 0. The summed E-state index contributed by atoms with van der Waals surface area (Å²) in [5.74, 6) is 0.310. The van der Waals surface area contributed by atoms with Crippen molar-refractivity contribution in [1.29, 1.82) is 0 Å². The van der Waals surface area contributed by atoms with E-state index in [1.807, 2.05) is 49.4 Å². The summed E-state index contributed by atoms with van der Waals surface area (Å²) in [5.41, 5.74) is 3.47. The first-order chi connectivity index (χ1) is 15.6. The fraction of sp³-hybridized carbons (Fsp3) is 0.115. The van der Waals surface area contributed by atoms with Gasteiger partial charge in [-0.05, 0) is 42.5 Å². The first-order valence-corrected chi connectivity index (χ1v) is 10.4. The molecule has 6 nitrogen and oxygen atoms in total. The second kappa shape index (κ2) is 9.75. The van der Waals surface area contributed by atoms with Crippen LogP contribution >= 0.6 is 0 Å². The summed E-state index contributed by atoms with van der Waals surface area (Å²) in [6.45, 7) is 2.34. The van der Waals surface area contributed by atoms with Crippen LogP contribution in [0.15, 0.2) is 83.4 Å². The van der Waals surface area contributed by atoms with Gasteiger partial charge in [0.05, 0.1) is 12.2 Å². The smallest absolute Gasteiger partial charge is 0.251 e. The molecule has 0 radical (unpaired) electrons. The molecule has 2 N–H and O–H groups in total. The highest BCUT2D eigenvalue weighted by Gasteiger charge is 2.11. The van der Waals surface area contributed by atoms with E-state index in [1.54, 1.807) is 36.5 Å². The average molecular weight is 425 g/mol. The molecular weight excluding hydrogens is 402 g/mol. The molecule has 0 aliphatic carbocycles.